The molecule has 0 radical (unpaired) electrons. The first-order valence-corrected chi connectivity index (χ1v) is 9.14. The van der Waals surface area contributed by atoms with Crippen molar-refractivity contribution in [3.8, 4) is 0 Å². The van der Waals surface area contributed by atoms with Gasteiger partial charge in [0.05, 0.1) is 20.6 Å². The van der Waals surface area contributed by atoms with Crippen LogP contribution in [0, 0.1) is 0 Å². The van der Waals surface area contributed by atoms with E-state index in [1.54, 1.807) is 0 Å². The molecule has 0 atom stereocenters. The number of primary amides is 1. The smallest absolute Gasteiger partial charge is 0.217 e. The summed E-state index contributed by atoms with van der Waals surface area (Å²) in [6.07, 6.45) is 10.5. The van der Waals surface area contributed by atoms with Crippen LogP contribution in [-0.2, 0) is 11.3 Å². The molecule has 0 bridgehead atoms. The lowest BCUT2D eigenvalue weighted by Gasteiger charge is -2.30. The molecule has 3 heteroatoms. The third-order valence-corrected chi connectivity index (χ3v) is 4.39. The number of rotatable bonds is 13. The Morgan fingerprint density at radius 3 is 1.96 bits per heavy atom. The van der Waals surface area contributed by atoms with Crippen LogP contribution in [0.4, 0.5) is 0 Å². The first kappa shape index (κ1) is 19.7. The Hall–Kier alpha value is -1.35. The number of carbonyl (C=O) groups is 1. The molecule has 23 heavy (non-hydrogen) atoms. The van der Waals surface area contributed by atoms with Crippen molar-refractivity contribution in [2.45, 2.75) is 64.3 Å². The second-order valence-corrected chi connectivity index (χ2v) is 7.35. The Morgan fingerprint density at radius 1 is 0.870 bits per heavy atom. The summed E-state index contributed by atoms with van der Waals surface area (Å²) < 4.78 is 1.07. The van der Waals surface area contributed by atoms with Gasteiger partial charge in [-0.3, -0.25) is 4.79 Å². The molecule has 2 N–H and O–H groups in total. The Bertz CT molecular complexity index is 429. The molecule has 0 saturated heterocycles. The zero-order valence-corrected chi connectivity index (χ0v) is 15.1. The van der Waals surface area contributed by atoms with Crippen LogP contribution < -0.4 is 5.73 Å². The van der Waals surface area contributed by atoms with E-state index in [0.29, 0.717) is 6.42 Å². The zero-order chi connectivity index (χ0) is 17.0. The van der Waals surface area contributed by atoms with Gasteiger partial charge in [0.15, 0.2) is 0 Å². The molecule has 0 saturated carbocycles. The highest BCUT2D eigenvalue weighted by Gasteiger charge is 2.14. The summed E-state index contributed by atoms with van der Waals surface area (Å²) in [5.74, 6) is -0.166. The molecule has 1 amide bonds. The quantitative estimate of drug-likeness (QED) is 0.428. The van der Waals surface area contributed by atoms with Crippen molar-refractivity contribution in [1.29, 1.82) is 0 Å². The number of nitrogens with two attached hydrogens (primary N) is 1. The van der Waals surface area contributed by atoms with Gasteiger partial charge in [-0.15, -0.1) is 0 Å². The van der Waals surface area contributed by atoms with Gasteiger partial charge in [0, 0.05) is 12.0 Å². The highest BCUT2D eigenvalue weighted by atomic mass is 16.1. The van der Waals surface area contributed by atoms with Crippen LogP contribution in [0.3, 0.4) is 0 Å². The predicted octanol–water partition coefficient (Wildman–Crippen LogP) is 4.26. The number of benzene rings is 1. The van der Waals surface area contributed by atoms with Gasteiger partial charge in [-0.05, 0) is 19.3 Å². The molecule has 0 aliphatic rings. The average Bonchev–Trinajstić information content (AvgIpc) is 2.49. The predicted molar refractivity (Wildman–Crippen MR) is 97.9 cm³/mol. The van der Waals surface area contributed by atoms with Gasteiger partial charge in [0.2, 0.25) is 5.91 Å². The molecule has 0 aliphatic carbocycles. The van der Waals surface area contributed by atoms with Crippen molar-refractivity contribution >= 4 is 5.91 Å². The summed E-state index contributed by atoms with van der Waals surface area (Å²) in [5, 5.41) is 0. The lowest BCUT2D eigenvalue weighted by Crippen LogP contribution is -2.39. The van der Waals surface area contributed by atoms with E-state index >= 15 is 0 Å². The van der Waals surface area contributed by atoms with Crippen LogP contribution in [0.2, 0.25) is 0 Å². The highest BCUT2D eigenvalue weighted by Crippen LogP contribution is 2.13. The zero-order valence-electron chi connectivity index (χ0n) is 15.1. The molecule has 3 nitrogen and oxygen atoms in total. The number of hydrogen-bond donors (Lipinski definition) is 1. The maximum absolute atomic E-state index is 10.6. The summed E-state index contributed by atoms with van der Waals surface area (Å²) >= 11 is 0. The maximum atomic E-state index is 10.6. The second kappa shape index (κ2) is 11.2. The summed E-state index contributed by atoms with van der Waals surface area (Å²) in [6, 6.07) is 10.8. The number of hydrogen-bond acceptors (Lipinski definition) is 1. The molecule has 0 fully saturated rings. The van der Waals surface area contributed by atoms with Crippen molar-refractivity contribution in [2.24, 2.45) is 5.73 Å². The molecule has 0 aromatic heterocycles. The van der Waals surface area contributed by atoms with E-state index in [4.69, 9.17) is 5.73 Å². The van der Waals surface area contributed by atoms with Crippen LogP contribution >= 0.6 is 0 Å². The summed E-state index contributed by atoms with van der Waals surface area (Å²) in [7, 11) is 4.65. The Morgan fingerprint density at radius 2 is 1.39 bits per heavy atom. The van der Waals surface area contributed by atoms with Crippen LogP contribution in [0.25, 0.3) is 0 Å². The van der Waals surface area contributed by atoms with Gasteiger partial charge in [-0.2, -0.15) is 0 Å². The molecule has 1 aromatic carbocycles. The fourth-order valence-electron chi connectivity index (χ4n) is 3.06. The number of carbonyl (C=O) groups excluding carboxylic acids is 1. The molecule has 0 aliphatic heterocycles. The van der Waals surface area contributed by atoms with E-state index in [0.717, 1.165) is 23.9 Å². The van der Waals surface area contributed by atoms with Gasteiger partial charge in [0.25, 0.3) is 0 Å². The largest absolute Gasteiger partial charge is 0.370 e. The lowest BCUT2D eigenvalue weighted by atomic mass is 10.1. The van der Waals surface area contributed by atoms with Crippen molar-refractivity contribution in [3.05, 3.63) is 35.9 Å². The minimum atomic E-state index is -0.166. The minimum Gasteiger partial charge on any atom is -0.370 e. The number of nitrogens with zero attached hydrogens (tertiary/aromatic N) is 1. The highest BCUT2D eigenvalue weighted by molar-refractivity contribution is 5.73. The summed E-state index contributed by atoms with van der Waals surface area (Å²) in [5.41, 5.74) is 6.56. The Kier molecular flexibility index (Phi) is 9.61. The van der Waals surface area contributed by atoms with Crippen molar-refractivity contribution in [1.82, 2.24) is 0 Å². The topological polar surface area (TPSA) is 43.1 Å². The van der Waals surface area contributed by atoms with Gasteiger partial charge < -0.3 is 10.2 Å². The van der Waals surface area contributed by atoms with Gasteiger partial charge in [0.1, 0.15) is 6.54 Å². The molecule has 130 valence electrons. The third kappa shape index (κ3) is 10.9. The van der Waals surface area contributed by atoms with E-state index in [-0.39, 0.29) is 5.91 Å². The molecule has 0 heterocycles. The standard InChI is InChI=1S/C20H34N2O/c1-22(2,18-19-14-10-9-11-15-19)17-13-8-6-4-3-5-7-12-16-20(21)23/h9-11,14-15H,3-8,12-13,16-18H2,1-2H3,(H-,21,23)/p+1. The molecule has 0 spiro atoms. The number of quaternary nitrogens is 1. The van der Waals surface area contributed by atoms with Gasteiger partial charge in [-0.1, -0.05) is 62.4 Å². The van der Waals surface area contributed by atoms with Crippen molar-refractivity contribution in [2.75, 3.05) is 20.6 Å². The average molecular weight is 320 g/mol. The minimum absolute atomic E-state index is 0.166. The number of unbranched alkanes of at least 4 members (excludes halogenated alkanes) is 7. The molecular weight excluding hydrogens is 284 g/mol. The summed E-state index contributed by atoms with van der Waals surface area (Å²) in [4.78, 5) is 10.6. The molecule has 0 unspecified atom stereocenters. The second-order valence-electron chi connectivity index (χ2n) is 7.35. The maximum Gasteiger partial charge on any atom is 0.217 e. The first-order chi connectivity index (χ1) is 11.0. The van der Waals surface area contributed by atoms with E-state index in [2.05, 4.69) is 44.4 Å². The van der Waals surface area contributed by atoms with Crippen molar-refractivity contribution in [3.63, 3.8) is 0 Å². The normalized spacial score (nSPS) is 11.6. The Balaban J connectivity index is 1.98. The van der Waals surface area contributed by atoms with E-state index < -0.39 is 0 Å². The van der Waals surface area contributed by atoms with E-state index in [9.17, 15) is 4.79 Å². The van der Waals surface area contributed by atoms with Crippen LogP contribution in [-0.4, -0.2) is 31.0 Å². The molecule has 1 rings (SSSR count). The molecule has 1 aromatic rings. The van der Waals surface area contributed by atoms with E-state index in [1.165, 1.54) is 50.6 Å². The van der Waals surface area contributed by atoms with E-state index in [1.807, 2.05) is 0 Å². The monoisotopic (exact) mass is 319 g/mol. The Labute approximate surface area is 142 Å². The van der Waals surface area contributed by atoms with Crippen molar-refractivity contribution < 1.29 is 9.28 Å². The van der Waals surface area contributed by atoms with Crippen LogP contribution in [0.1, 0.15) is 63.4 Å². The fraction of sp³-hybridized carbons (Fsp3) is 0.650. The summed E-state index contributed by atoms with van der Waals surface area (Å²) in [6.45, 7) is 2.36. The third-order valence-electron chi connectivity index (χ3n) is 4.39. The van der Waals surface area contributed by atoms with Crippen LogP contribution in [0.15, 0.2) is 30.3 Å². The first-order valence-electron chi connectivity index (χ1n) is 9.14. The fourth-order valence-corrected chi connectivity index (χ4v) is 3.06. The SMILES string of the molecule is C[N+](C)(CCCCCCCCCCC(N)=O)Cc1ccccc1. The number of amides is 1. The van der Waals surface area contributed by atoms with Gasteiger partial charge >= 0.3 is 0 Å². The lowest BCUT2D eigenvalue weighted by molar-refractivity contribution is -0.903. The molecular formula is C20H35N2O+. The van der Waals surface area contributed by atoms with Gasteiger partial charge in [-0.25, -0.2) is 0 Å². The van der Waals surface area contributed by atoms with Crippen LogP contribution in [0.5, 0.6) is 0 Å².